The number of hydrogen-bond donors (Lipinski definition) is 2. The van der Waals surface area contributed by atoms with Crippen molar-refractivity contribution in [3.8, 4) is 0 Å². The van der Waals surface area contributed by atoms with E-state index >= 15 is 0 Å². The average molecular weight is 555 g/mol. The number of aliphatic hydroxyl groups excluding tert-OH is 1. The van der Waals surface area contributed by atoms with Gasteiger partial charge in [-0.3, -0.25) is 0 Å². The van der Waals surface area contributed by atoms with Crippen LogP contribution in [0.5, 0.6) is 0 Å². The van der Waals surface area contributed by atoms with E-state index in [0.29, 0.717) is 19.8 Å². The van der Waals surface area contributed by atoms with E-state index in [1.165, 1.54) is 0 Å². The van der Waals surface area contributed by atoms with Gasteiger partial charge in [-0.25, -0.2) is 0 Å². The van der Waals surface area contributed by atoms with Gasteiger partial charge in [-0.15, -0.1) is 0 Å². The van der Waals surface area contributed by atoms with Crippen LogP contribution in [0.1, 0.15) is 22.3 Å². The van der Waals surface area contributed by atoms with Gasteiger partial charge in [0.25, 0.3) is 0 Å². The first-order valence-corrected chi connectivity index (χ1v) is 14.1. The summed E-state index contributed by atoms with van der Waals surface area (Å²) in [5.41, 5.74) is 2.37. The largest absolute Gasteiger partial charge is 0.396 e. The van der Waals surface area contributed by atoms with Gasteiger partial charge in [0.15, 0.2) is 0 Å². The standard InChI is InChI=1S/C35H38O6/c36-21-31-32(39-23-28-15-7-2-8-16-28)33(40-24-29-17-9-3-10-18-29)34(41-25-30-19-11-4-12-20-30)35(31,37)26-38-22-27-13-5-1-6-14-27/h1-20,31-34,36-37H,21-26H2/t31-,32-,33+,34-,35+/m0/s1. The molecule has 4 aromatic rings. The lowest BCUT2D eigenvalue weighted by atomic mass is 9.89. The van der Waals surface area contributed by atoms with E-state index in [1.807, 2.05) is 121 Å². The summed E-state index contributed by atoms with van der Waals surface area (Å²) in [5, 5.41) is 23.0. The summed E-state index contributed by atoms with van der Waals surface area (Å²) in [6.07, 6.45) is -2.12. The van der Waals surface area contributed by atoms with Gasteiger partial charge in [-0.1, -0.05) is 121 Å². The molecule has 0 aromatic heterocycles. The highest BCUT2D eigenvalue weighted by Gasteiger charge is 2.62. The molecule has 0 saturated heterocycles. The molecule has 214 valence electrons. The van der Waals surface area contributed by atoms with Crippen molar-refractivity contribution in [1.29, 1.82) is 0 Å². The number of benzene rings is 4. The van der Waals surface area contributed by atoms with Crippen molar-refractivity contribution in [3.63, 3.8) is 0 Å². The van der Waals surface area contributed by atoms with Crippen molar-refractivity contribution >= 4 is 0 Å². The zero-order valence-electron chi connectivity index (χ0n) is 23.1. The van der Waals surface area contributed by atoms with Crippen LogP contribution in [-0.2, 0) is 45.4 Å². The summed E-state index contributed by atoms with van der Waals surface area (Å²) in [5.74, 6) is -0.705. The SMILES string of the molecule is OC[C@H]1[C@H](OCc2ccccc2)[C@@H](OCc2ccccc2)[C@H](OCc2ccccc2)[C@@]1(O)COCc1ccccc1. The molecule has 4 aromatic carbocycles. The van der Waals surface area contributed by atoms with Gasteiger partial charge >= 0.3 is 0 Å². The molecule has 2 N–H and O–H groups in total. The third-order valence-electron chi connectivity index (χ3n) is 7.64. The van der Waals surface area contributed by atoms with Gasteiger partial charge < -0.3 is 29.2 Å². The third kappa shape index (κ3) is 7.49. The summed E-state index contributed by atoms with van der Waals surface area (Å²) < 4.78 is 25.5. The van der Waals surface area contributed by atoms with Crippen molar-refractivity contribution in [3.05, 3.63) is 144 Å². The van der Waals surface area contributed by atoms with Crippen LogP contribution in [0, 0.1) is 5.92 Å². The van der Waals surface area contributed by atoms with Crippen molar-refractivity contribution in [2.45, 2.75) is 50.3 Å². The summed E-state index contributed by atoms with van der Waals surface area (Å²) in [7, 11) is 0. The topological polar surface area (TPSA) is 77.4 Å². The molecule has 1 aliphatic rings. The number of hydrogen-bond acceptors (Lipinski definition) is 6. The van der Waals surface area contributed by atoms with Crippen molar-refractivity contribution in [2.24, 2.45) is 5.92 Å². The Hall–Kier alpha value is -3.36. The van der Waals surface area contributed by atoms with Crippen LogP contribution >= 0.6 is 0 Å². The van der Waals surface area contributed by atoms with Crippen molar-refractivity contribution < 1.29 is 29.2 Å². The molecule has 1 fully saturated rings. The fourth-order valence-electron chi connectivity index (χ4n) is 5.46. The summed E-state index contributed by atoms with van der Waals surface area (Å²) in [6.45, 7) is 0.823. The minimum atomic E-state index is -1.57. The number of rotatable bonds is 14. The number of ether oxygens (including phenoxy) is 4. The van der Waals surface area contributed by atoms with Crippen LogP contribution in [0.3, 0.4) is 0 Å². The molecule has 1 aliphatic carbocycles. The van der Waals surface area contributed by atoms with E-state index in [1.54, 1.807) is 0 Å². The molecule has 6 heteroatoms. The van der Waals surface area contributed by atoms with E-state index in [2.05, 4.69) is 0 Å². The Morgan fingerprint density at radius 2 is 0.902 bits per heavy atom. The minimum Gasteiger partial charge on any atom is -0.396 e. The Bertz CT molecular complexity index is 1290. The predicted molar refractivity (Wildman–Crippen MR) is 157 cm³/mol. The van der Waals surface area contributed by atoms with Crippen LogP contribution < -0.4 is 0 Å². The predicted octanol–water partition coefficient (Wildman–Crippen LogP) is 5.31. The average Bonchev–Trinajstić information content (AvgIpc) is 3.25. The molecule has 5 atom stereocenters. The van der Waals surface area contributed by atoms with Crippen LogP contribution in [0.4, 0.5) is 0 Å². The van der Waals surface area contributed by atoms with Crippen LogP contribution in [0.15, 0.2) is 121 Å². The quantitative estimate of drug-likeness (QED) is 0.220. The minimum absolute atomic E-state index is 0.0526. The maximum atomic E-state index is 12.3. The lowest BCUT2D eigenvalue weighted by molar-refractivity contribution is -0.181. The summed E-state index contributed by atoms with van der Waals surface area (Å²) in [6, 6.07) is 39.3. The second kappa shape index (κ2) is 14.5. The zero-order chi connectivity index (χ0) is 28.3. The molecule has 0 spiro atoms. The Labute approximate surface area is 242 Å². The Balaban J connectivity index is 1.43. The van der Waals surface area contributed by atoms with E-state index in [0.717, 1.165) is 22.3 Å². The van der Waals surface area contributed by atoms with Gasteiger partial charge in [0.05, 0.1) is 45.7 Å². The molecule has 0 bridgehead atoms. The number of aliphatic hydroxyl groups is 2. The highest BCUT2D eigenvalue weighted by molar-refractivity contribution is 5.18. The zero-order valence-corrected chi connectivity index (χ0v) is 23.1. The van der Waals surface area contributed by atoms with E-state index in [4.69, 9.17) is 18.9 Å². The first kappa shape index (κ1) is 29.1. The maximum Gasteiger partial charge on any atom is 0.124 e. The second-order valence-electron chi connectivity index (χ2n) is 10.5. The molecule has 0 radical (unpaired) electrons. The van der Waals surface area contributed by atoms with E-state index in [9.17, 15) is 10.2 Å². The highest BCUT2D eigenvalue weighted by atomic mass is 16.6. The Morgan fingerprint density at radius 3 is 1.34 bits per heavy atom. The Kier molecular flexibility index (Phi) is 10.3. The van der Waals surface area contributed by atoms with E-state index < -0.39 is 29.8 Å². The van der Waals surface area contributed by atoms with Crippen LogP contribution in [-0.4, -0.2) is 47.3 Å². The highest BCUT2D eigenvalue weighted by Crippen LogP contribution is 2.43. The maximum absolute atomic E-state index is 12.3. The van der Waals surface area contributed by atoms with Gasteiger partial charge in [-0.05, 0) is 22.3 Å². The van der Waals surface area contributed by atoms with Gasteiger partial charge in [0, 0.05) is 5.92 Å². The van der Waals surface area contributed by atoms with Crippen molar-refractivity contribution in [1.82, 2.24) is 0 Å². The Morgan fingerprint density at radius 1 is 0.512 bits per heavy atom. The first-order valence-electron chi connectivity index (χ1n) is 14.1. The molecule has 0 unspecified atom stereocenters. The molecular formula is C35H38O6. The normalized spacial score (nSPS) is 24.0. The molecule has 0 amide bonds. The van der Waals surface area contributed by atoms with Crippen molar-refractivity contribution in [2.75, 3.05) is 13.2 Å². The first-order chi connectivity index (χ1) is 20.2. The molecule has 6 nitrogen and oxygen atoms in total. The van der Waals surface area contributed by atoms with Crippen LogP contribution in [0.2, 0.25) is 0 Å². The van der Waals surface area contributed by atoms with Gasteiger partial charge in [0.1, 0.15) is 17.8 Å². The molecular weight excluding hydrogens is 516 g/mol. The van der Waals surface area contributed by atoms with Gasteiger partial charge in [0.2, 0.25) is 0 Å². The second-order valence-corrected chi connectivity index (χ2v) is 10.5. The fraction of sp³-hybridized carbons (Fsp3) is 0.314. The van der Waals surface area contributed by atoms with Crippen LogP contribution in [0.25, 0.3) is 0 Å². The third-order valence-corrected chi connectivity index (χ3v) is 7.64. The van der Waals surface area contributed by atoms with Gasteiger partial charge in [-0.2, -0.15) is 0 Å². The fourth-order valence-corrected chi connectivity index (χ4v) is 5.46. The molecule has 0 aliphatic heterocycles. The lowest BCUT2D eigenvalue weighted by Gasteiger charge is -2.35. The molecule has 5 rings (SSSR count). The smallest absolute Gasteiger partial charge is 0.124 e. The molecule has 41 heavy (non-hydrogen) atoms. The lowest BCUT2D eigenvalue weighted by Crippen LogP contribution is -2.52. The monoisotopic (exact) mass is 554 g/mol. The van der Waals surface area contributed by atoms with E-state index in [-0.39, 0.29) is 19.8 Å². The molecule has 0 heterocycles. The summed E-state index contributed by atoms with van der Waals surface area (Å²) in [4.78, 5) is 0. The summed E-state index contributed by atoms with van der Waals surface area (Å²) >= 11 is 0. The molecule has 1 saturated carbocycles.